The first-order valence-corrected chi connectivity index (χ1v) is 11.2. The van der Waals surface area contributed by atoms with Gasteiger partial charge in [-0.05, 0) is 37.5 Å². The minimum atomic E-state index is -0.762. The van der Waals surface area contributed by atoms with Crippen molar-refractivity contribution < 1.29 is 18.7 Å². The number of hydrogen-bond donors (Lipinski definition) is 3. The quantitative estimate of drug-likeness (QED) is 0.540. The molecule has 1 aliphatic rings. The summed E-state index contributed by atoms with van der Waals surface area (Å²) in [5.41, 5.74) is 5.54. The number of urea groups is 1. The molecule has 10 heteroatoms. The van der Waals surface area contributed by atoms with Gasteiger partial charge < -0.3 is 21.1 Å². The normalized spacial score (nSPS) is 19.4. The third-order valence-electron chi connectivity index (χ3n) is 4.76. The lowest BCUT2D eigenvalue weighted by atomic mass is 10.0. The number of rotatable bonds is 9. The number of nitrogens with zero attached hydrogens (tertiary/aromatic N) is 1. The lowest BCUT2D eigenvalue weighted by Crippen LogP contribution is -2.51. The molecule has 0 saturated carbocycles. The lowest BCUT2D eigenvalue weighted by Gasteiger charge is -2.38. The Hall–Kier alpha value is -1.55. The highest BCUT2D eigenvalue weighted by molar-refractivity contribution is 7.98. The largest absolute Gasteiger partial charge is 0.376 e. The van der Waals surface area contributed by atoms with Gasteiger partial charge in [-0.2, -0.15) is 11.8 Å². The van der Waals surface area contributed by atoms with E-state index >= 15 is 0 Å². The number of nitrogens with one attached hydrogen (secondary N) is 2. The number of thioether (sulfide) groups is 1. The number of hydrogen-bond acceptors (Lipinski definition) is 5. The Morgan fingerprint density at radius 2 is 2.24 bits per heavy atom. The second-order valence-electron chi connectivity index (χ2n) is 6.92. The van der Waals surface area contributed by atoms with Gasteiger partial charge in [0.25, 0.3) is 0 Å². The first-order chi connectivity index (χ1) is 13.8. The van der Waals surface area contributed by atoms with Crippen molar-refractivity contribution in [1.82, 2.24) is 15.5 Å². The zero-order chi connectivity index (χ0) is 21.4. The Labute approximate surface area is 179 Å². The topological polar surface area (TPSA) is 96.7 Å². The Bertz CT molecular complexity index is 692. The van der Waals surface area contributed by atoms with Gasteiger partial charge in [-0.15, -0.1) is 0 Å². The van der Waals surface area contributed by atoms with Crippen LogP contribution in [0.3, 0.4) is 0 Å². The fraction of sp³-hybridized carbons (Fsp3) is 0.579. The van der Waals surface area contributed by atoms with Gasteiger partial charge in [0.15, 0.2) is 0 Å². The van der Waals surface area contributed by atoms with Crippen LogP contribution in [0, 0.1) is 5.82 Å². The third-order valence-corrected chi connectivity index (χ3v) is 5.73. The second kappa shape index (κ2) is 11.6. The van der Waals surface area contributed by atoms with Gasteiger partial charge in [-0.25, -0.2) is 9.18 Å². The summed E-state index contributed by atoms with van der Waals surface area (Å²) in [5, 5.41) is 5.61. The molecule has 1 aromatic rings. The molecule has 29 heavy (non-hydrogen) atoms. The number of amides is 3. The van der Waals surface area contributed by atoms with Gasteiger partial charge in [0, 0.05) is 30.2 Å². The first-order valence-electron chi connectivity index (χ1n) is 9.45. The predicted octanol–water partition coefficient (Wildman–Crippen LogP) is 2.15. The van der Waals surface area contributed by atoms with Crippen LogP contribution in [-0.4, -0.2) is 67.2 Å². The molecule has 3 amide bonds. The Kier molecular flexibility index (Phi) is 9.48. The van der Waals surface area contributed by atoms with Crippen molar-refractivity contribution in [1.29, 1.82) is 0 Å². The fourth-order valence-corrected chi connectivity index (χ4v) is 4.13. The minimum Gasteiger partial charge on any atom is -0.376 e. The van der Waals surface area contributed by atoms with Gasteiger partial charge in [0.2, 0.25) is 5.91 Å². The van der Waals surface area contributed by atoms with Crippen LogP contribution < -0.4 is 16.4 Å². The van der Waals surface area contributed by atoms with Gasteiger partial charge in [-0.1, -0.05) is 17.7 Å². The summed E-state index contributed by atoms with van der Waals surface area (Å²) in [7, 11) is 0. The van der Waals surface area contributed by atoms with Crippen LogP contribution in [0.15, 0.2) is 18.2 Å². The van der Waals surface area contributed by atoms with Crippen molar-refractivity contribution in [3.63, 3.8) is 0 Å². The van der Waals surface area contributed by atoms with Crippen molar-refractivity contribution in [3.05, 3.63) is 34.6 Å². The number of carbonyl (C=O) groups excluding carboxylic acids is 2. The molecule has 1 fully saturated rings. The molecule has 3 atom stereocenters. The van der Waals surface area contributed by atoms with E-state index in [9.17, 15) is 14.0 Å². The SMILES string of the molecule is CSCCC(NC(N)=O)C(=O)NCC(c1c(F)cccc1Cl)N1CCOC(C)C1. The molecule has 2 rings (SSSR count). The summed E-state index contributed by atoms with van der Waals surface area (Å²) in [6.45, 7) is 3.77. The van der Waals surface area contributed by atoms with Crippen LogP contribution >= 0.6 is 23.4 Å². The maximum absolute atomic E-state index is 14.6. The minimum absolute atomic E-state index is 0.0154. The van der Waals surface area contributed by atoms with Gasteiger partial charge >= 0.3 is 6.03 Å². The number of carbonyl (C=O) groups is 2. The molecule has 0 bridgehead atoms. The number of nitrogens with two attached hydrogens (primary N) is 1. The molecule has 1 heterocycles. The molecule has 162 valence electrons. The maximum Gasteiger partial charge on any atom is 0.312 e. The summed E-state index contributed by atoms with van der Waals surface area (Å²) in [5.74, 6) is -0.108. The highest BCUT2D eigenvalue weighted by Crippen LogP contribution is 2.31. The molecular formula is C19H28ClFN4O3S. The lowest BCUT2D eigenvalue weighted by molar-refractivity contribution is -0.123. The van der Waals surface area contributed by atoms with E-state index in [1.165, 1.54) is 6.07 Å². The van der Waals surface area contributed by atoms with E-state index in [0.29, 0.717) is 42.5 Å². The van der Waals surface area contributed by atoms with Gasteiger partial charge in [0.05, 0.1) is 18.8 Å². The van der Waals surface area contributed by atoms with Gasteiger partial charge in [-0.3, -0.25) is 9.69 Å². The summed E-state index contributed by atoms with van der Waals surface area (Å²) in [4.78, 5) is 26.0. The highest BCUT2D eigenvalue weighted by Gasteiger charge is 2.30. The summed E-state index contributed by atoms with van der Waals surface area (Å²) < 4.78 is 20.2. The van der Waals surface area contributed by atoms with E-state index in [1.807, 2.05) is 13.2 Å². The molecule has 0 aliphatic carbocycles. The van der Waals surface area contributed by atoms with Crippen molar-refractivity contribution in [3.8, 4) is 0 Å². The Morgan fingerprint density at radius 1 is 1.48 bits per heavy atom. The third kappa shape index (κ3) is 7.02. The number of benzene rings is 1. The monoisotopic (exact) mass is 446 g/mol. The van der Waals surface area contributed by atoms with Crippen LogP contribution in [0.1, 0.15) is 24.9 Å². The molecule has 0 spiro atoms. The van der Waals surface area contributed by atoms with Crippen molar-refractivity contribution >= 4 is 35.3 Å². The second-order valence-corrected chi connectivity index (χ2v) is 8.31. The standard InChI is InChI=1S/C19H28ClFN4O3S/c1-12-11-25(7-8-28-12)16(17-13(20)4-3-5-14(17)21)10-23-18(26)15(6-9-29-2)24-19(22)27/h3-5,12,15-16H,6-11H2,1-2H3,(H,23,26)(H3,22,24,27). The number of primary amides is 1. The van der Waals surface area contributed by atoms with E-state index in [2.05, 4.69) is 15.5 Å². The summed E-state index contributed by atoms with van der Waals surface area (Å²) >= 11 is 7.87. The molecular weight excluding hydrogens is 419 g/mol. The highest BCUT2D eigenvalue weighted by atomic mass is 35.5. The molecule has 7 nitrogen and oxygen atoms in total. The van der Waals surface area contributed by atoms with Crippen LogP contribution in [0.4, 0.5) is 9.18 Å². The first kappa shape index (κ1) is 23.7. The average molecular weight is 447 g/mol. The predicted molar refractivity (Wildman–Crippen MR) is 114 cm³/mol. The van der Waals surface area contributed by atoms with E-state index in [-0.39, 0.29) is 18.6 Å². The number of halogens is 2. The summed E-state index contributed by atoms with van der Waals surface area (Å²) in [6, 6.07) is 2.56. The Balaban J connectivity index is 2.18. The zero-order valence-electron chi connectivity index (χ0n) is 16.6. The fourth-order valence-electron chi connectivity index (χ4n) is 3.37. The van der Waals surface area contributed by atoms with Crippen LogP contribution in [0.5, 0.6) is 0 Å². The Morgan fingerprint density at radius 3 is 2.86 bits per heavy atom. The van der Waals surface area contributed by atoms with Crippen molar-refractivity contribution in [2.24, 2.45) is 5.73 Å². The van der Waals surface area contributed by atoms with E-state index in [4.69, 9.17) is 22.1 Å². The van der Waals surface area contributed by atoms with E-state index in [1.54, 1.807) is 23.9 Å². The van der Waals surface area contributed by atoms with Crippen LogP contribution in [0.2, 0.25) is 5.02 Å². The summed E-state index contributed by atoms with van der Waals surface area (Å²) in [6.07, 6.45) is 2.34. The molecule has 1 saturated heterocycles. The molecule has 1 aromatic carbocycles. The number of ether oxygens (including phenoxy) is 1. The van der Waals surface area contributed by atoms with E-state index < -0.39 is 23.9 Å². The van der Waals surface area contributed by atoms with Crippen LogP contribution in [-0.2, 0) is 9.53 Å². The van der Waals surface area contributed by atoms with Crippen molar-refractivity contribution in [2.75, 3.05) is 38.2 Å². The molecule has 1 aliphatic heterocycles. The zero-order valence-corrected chi connectivity index (χ0v) is 18.2. The molecule has 3 unspecified atom stereocenters. The van der Waals surface area contributed by atoms with Crippen LogP contribution in [0.25, 0.3) is 0 Å². The number of morpholine rings is 1. The smallest absolute Gasteiger partial charge is 0.312 e. The maximum atomic E-state index is 14.6. The van der Waals surface area contributed by atoms with Gasteiger partial charge in [0.1, 0.15) is 11.9 Å². The van der Waals surface area contributed by atoms with E-state index in [0.717, 1.165) is 0 Å². The molecule has 0 aromatic heterocycles. The molecule has 0 radical (unpaired) electrons. The van der Waals surface area contributed by atoms with Crippen molar-refractivity contribution in [2.45, 2.75) is 31.5 Å². The molecule has 4 N–H and O–H groups in total. The average Bonchev–Trinajstić information content (AvgIpc) is 2.66.